The average molecular weight is 300 g/mol. The summed E-state index contributed by atoms with van der Waals surface area (Å²) in [6.45, 7) is 0.0279. The van der Waals surface area contributed by atoms with E-state index < -0.39 is 5.82 Å². The Morgan fingerprint density at radius 2 is 2.15 bits per heavy atom. The van der Waals surface area contributed by atoms with Crippen LogP contribution < -0.4 is 10.1 Å². The Labute approximate surface area is 120 Å². The summed E-state index contributed by atoms with van der Waals surface area (Å²) in [5, 5.41) is 12.1. The van der Waals surface area contributed by atoms with Crippen molar-refractivity contribution >= 4 is 17.5 Å². The van der Waals surface area contributed by atoms with Crippen molar-refractivity contribution in [2.24, 2.45) is 5.41 Å². The van der Waals surface area contributed by atoms with Crippen molar-refractivity contribution < 1.29 is 19.0 Å². The summed E-state index contributed by atoms with van der Waals surface area (Å²) >= 11 is 5.56. The monoisotopic (exact) mass is 299 g/mol. The SMILES string of the molecule is O=C(COc1ccc(Cl)c(F)c1)NC12CC(CO)(C1)C2. The van der Waals surface area contributed by atoms with E-state index in [1.165, 1.54) is 12.1 Å². The van der Waals surface area contributed by atoms with Gasteiger partial charge in [0.2, 0.25) is 0 Å². The first-order valence-electron chi connectivity index (χ1n) is 6.46. The molecular weight excluding hydrogens is 285 g/mol. The van der Waals surface area contributed by atoms with Gasteiger partial charge in [-0.3, -0.25) is 4.79 Å². The van der Waals surface area contributed by atoms with Crippen LogP contribution in [-0.2, 0) is 4.79 Å². The van der Waals surface area contributed by atoms with Gasteiger partial charge in [0.25, 0.3) is 5.91 Å². The molecule has 4 nitrogen and oxygen atoms in total. The number of hydrogen-bond donors (Lipinski definition) is 2. The molecule has 108 valence electrons. The van der Waals surface area contributed by atoms with Crippen LogP contribution in [0.25, 0.3) is 0 Å². The van der Waals surface area contributed by atoms with Crippen LogP contribution in [0, 0.1) is 11.2 Å². The zero-order chi connectivity index (χ0) is 14.4. The summed E-state index contributed by atoms with van der Waals surface area (Å²) in [5.41, 5.74) is -0.0954. The number of halogens is 2. The Morgan fingerprint density at radius 3 is 2.75 bits per heavy atom. The van der Waals surface area contributed by atoms with E-state index in [0.29, 0.717) is 0 Å². The molecule has 4 rings (SSSR count). The van der Waals surface area contributed by atoms with Gasteiger partial charge in [0.15, 0.2) is 6.61 Å². The second-order valence-corrected chi connectivity index (χ2v) is 6.29. The topological polar surface area (TPSA) is 58.6 Å². The molecule has 0 atom stereocenters. The summed E-state index contributed by atoms with van der Waals surface area (Å²) in [4.78, 5) is 11.8. The van der Waals surface area contributed by atoms with Gasteiger partial charge < -0.3 is 15.2 Å². The fraction of sp³-hybridized carbons (Fsp3) is 0.500. The number of benzene rings is 1. The molecule has 0 aliphatic heterocycles. The van der Waals surface area contributed by atoms with Crippen molar-refractivity contribution in [3.8, 4) is 5.75 Å². The van der Waals surface area contributed by atoms with Gasteiger partial charge in [-0.15, -0.1) is 0 Å². The number of rotatable bonds is 5. The van der Waals surface area contributed by atoms with Gasteiger partial charge in [0.1, 0.15) is 11.6 Å². The number of carbonyl (C=O) groups excluding carboxylic acids is 1. The average Bonchev–Trinajstić information content (AvgIpc) is 2.33. The first kappa shape index (κ1) is 13.6. The molecular formula is C14H15ClFNO3. The van der Waals surface area contributed by atoms with Gasteiger partial charge in [-0.1, -0.05) is 11.6 Å². The number of amides is 1. The first-order chi connectivity index (χ1) is 9.46. The molecule has 3 saturated carbocycles. The van der Waals surface area contributed by atoms with E-state index in [4.69, 9.17) is 21.4 Å². The van der Waals surface area contributed by atoms with Crippen molar-refractivity contribution in [1.29, 1.82) is 0 Å². The molecule has 1 amide bonds. The molecule has 20 heavy (non-hydrogen) atoms. The van der Waals surface area contributed by atoms with Crippen LogP contribution in [0.15, 0.2) is 18.2 Å². The number of aliphatic hydroxyl groups is 1. The second kappa shape index (κ2) is 4.60. The minimum atomic E-state index is -0.575. The fourth-order valence-corrected chi connectivity index (χ4v) is 3.46. The number of ether oxygens (including phenoxy) is 1. The third kappa shape index (κ3) is 2.25. The predicted molar refractivity (Wildman–Crippen MR) is 71.1 cm³/mol. The summed E-state index contributed by atoms with van der Waals surface area (Å²) in [6.07, 6.45) is 2.49. The third-order valence-corrected chi connectivity index (χ3v) is 4.45. The molecule has 3 aliphatic carbocycles. The van der Waals surface area contributed by atoms with E-state index in [0.717, 1.165) is 25.3 Å². The van der Waals surface area contributed by atoms with Gasteiger partial charge in [-0.25, -0.2) is 4.39 Å². The first-order valence-corrected chi connectivity index (χ1v) is 6.84. The molecule has 0 heterocycles. The Kier molecular flexibility index (Phi) is 3.14. The highest BCUT2D eigenvalue weighted by Crippen LogP contribution is 2.66. The molecule has 0 radical (unpaired) electrons. The van der Waals surface area contributed by atoms with Crippen molar-refractivity contribution in [3.05, 3.63) is 29.0 Å². The van der Waals surface area contributed by atoms with Crippen LogP contribution in [0.1, 0.15) is 19.3 Å². The normalized spacial score (nSPS) is 30.1. The highest BCUT2D eigenvalue weighted by atomic mass is 35.5. The Balaban J connectivity index is 1.47. The van der Waals surface area contributed by atoms with Crippen LogP contribution in [0.4, 0.5) is 4.39 Å². The molecule has 0 unspecified atom stereocenters. The van der Waals surface area contributed by atoms with Gasteiger partial charge >= 0.3 is 0 Å². The van der Waals surface area contributed by atoms with Crippen LogP contribution in [-0.4, -0.2) is 29.8 Å². The molecule has 3 aliphatic rings. The number of carbonyl (C=O) groups is 1. The highest BCUT2D eigenvalue weighted by Gasteiger charge is 2.68. The molecule has 3 fully saturated rings. The lowest BCUT2D eigenvalue weighted by Crippen LogP contribution is -2.76. The quantitative estimate of drug-likeness (QED) is 0.873. The Bertz CT molecular complexity index is 544. The van der Waals surface area contributed by atoms with Crippen molar-refractivity contribution in [2.45, 2.75) is 24.8 Å². The molecule has 0 aromatic heterocycles. The minimum absolute atomic E-state index is 0.0185. The van der Waals surface area contributed by atoms with Crippen molar-refractivity contribution in [1.82, 2.24) is 5.32 Å². The molecule has 0 spiro atoms. The fourth-order valence-electron chi connectivity index (χ4n) is 3.35. The number of aliphatic hydroxyl groups excluding tert-OH is 1. The lowest BCUT2D eigenvalue weighted by molar-refractivity contribution is -0.183. The standard InChI is InChI=1S/C14H15ClFNO3/c15-10-2-1-9(3-11(10)16)20-4-12(19)17-14-5-13(6-14,7-14)8-18/h1-3,18H,4-8H2,(H,17,19). The van der Waals surface area contributed by atoms with Gasteiger partial charge in [-0.2, -0.15) is 0 Å². The third-order valence-electron chi connectivity index (χ3n) is 4.14. The maximum atomic E-state index is 13.2. The largest absolute Gasteiger partial charge is 0.484 e. The van der Waals surface area contributed by atoms with Crippen LogP contribution in [0.5, 0.6) is 5.75 Å². The zero-order valence-electron chi connectivity index (χ0n) is 10.8. The van der Waals surface area contributed by atoms with E-state index in [1.54, 1.807) is 0 Å². The molecule has 2 N–H and O–H groups in total. The van der Waals surface area contributed by atoms with E-state index in [9.17, 15) is 9.18 Å². The van der Waals surface area contributed by atoms with Crippen LogP contribution in [0.3, 0.4) is 0 Å². The molecule has 2 bridgehead atoms. The lowest BCUT2D eigenvalue weighted by atomic mass is 9.39. The van der Waals surface area contributed by atoms with E-state index in [1.807, 2.05) is 0 Å². The van der Waals surface area contributed by atoms with Gasteiger partial charge in [-0.05, 0) is 31.4 Å². The molecule has 1 aromatic rings. The van der Waals surface area contributed by atoms with Crippen LogP contribution >= 0.6 is 11.6 Å². The number of hydrogen-bond acceptors (Lipinski definition) is 3. The van der Waals surface area contributed by atoms with Gasteiger partial charge in [0.05, 0.1) is 5.02 Å². The minimum Gasteiger partial charge on any atom is -0.484 e. The lowest BCUT2D eigenvalue weighted by Gasteiger charge is -2.70. The van der Waals surface area contributed by atoms with Crippen LogP contribution in [0.2, 0.25) is 5.02 Å². The highest BCUT2D eigenvalue weighted by molar-refractivity contribution is 6.30. The second-order valence-electron chi connectivity index (χ2n) is 5.88. The van der Waals surface area contributed by atoms with E-state index >= 15 is 0 Å². The van der Waals surface area contributed by atoms with Crippen molar-refractivity contribution in [3.63, 3.8) is 0 Å². The Morgan fingerprint density at radius 1 is 1.45 bits per heavy atom. The molecule has 6 heteroatoms. The van der Waals surface area contributed by atoms with Crippen molar-refractivity contribution in [2.75, 3.05) is 13.2 Å². The summed E-state index contributed by atoms with van der Waals surface area (Å²) in [7, 11) is 0. The van der Waals surface area contributed by atoms with E-state index in [2.05, 4.69) is 5.32 Å². The summed E-state index contributed by atoms with van der Waals surface area (Å²) < 4.78 is 18.4. The summed E-state index contributed by atoms with van der Waals surface area (Å²) in [5.74, 6) is -0.535. The molecule has 1 aromatic carbocycles. The predicted octanol–water partition coefficient (Wildman–Crippen LogP) is 1.89. The zero-order valence-corrected chi connectivity index (χ0v) is 11.5. The maximum Gasteiger partial charge on any atom is 0.258 e. The summed E-state index contributed by atoms with van der Waals surface area (Å²) in [6, 6.07) is 4.05. The molecule has 0 saturated heterocycles. The maximum absolute atomic E-state index is 13.2. The van der Waals surface area contributed by atoms with E-state index in [-0.39, 0.29) is 40.8 Å². The van der Waals surface area contributed by atoms with Gasteiger partial charge in [0, 0.05) is 23.6 Å². The number of nitrogens with one attached hydrogen (secondary N) is 1. The Hall–Kier alpha value is -1.33. The smallest absolute Gasteiger partial charge is 0.258 e.